The molecule has 0 spiro atoms. The lowest BCUT2D eigenvalue weighted by Crippen LogP contribution is -2.06. The highest BCUT2D eigenvalue weighted by molar-refractivity contribution is 5.53. The average molecular weight is 248 g/mol. The molecular weight excluding hydrogens is 220 g/mol. The Morgan fingerprint density at radius 3 is 2.00 bits per heavy atom. The number of hydrogen-bond donors (Lipinski definition) is 1. The van der Waals surface area contributed by atoms with E-state index in [4.69, 9.17) is 0 Å². The third-order valence-electron chi connectivity index (χ3n) is 4.17. The maximum atomic E-state index is 10.2. The van der Waals surface area contributed by atoms with Crippen molar-refractivity contribution in [3.05, 3.63) is 28.3 Å². The van der Waals surface area contributed by atoms with E-state index in [1.807, 2.05) is 20.8 Å². The van der Waals surface area contributed by atoms with Crippen LogP contribution in [0.15, 0.2) is 6.07 Å². The van der Waals surface area contributed by atoms with Gasteiger partial charge < -0.3 is 5.11 Å². The van der Waals surface area contributed by atoms with Gasteiger partial charge in [-0.2, -0.15) is 0 Å². The van der Waals surface area contributed by atoms with E-state index in [1.54, 1.807) is 0 Å². The van der Waals surface area contributed by atoms with Crippen molar-refractivity contribution in [3.63, 3.8) is 0 Å². The van der Waals surface area contributed by atoms with Gasteiger partial charge in [-0.25, -0.2) is 0 Å². The van der Waals surface area contributed by atoms with Gasteiger partial charge in [-0.1, -0.05) is 40.7 Å². The van der Waals surface area contributed by atoms with Crippen molar-refractivity contribution in [2.45, 2.75) is 72.6 Å². The first-order chi connectivity index (χ1) is 8.37. The van der Waals surface area contributed by atoms with Crippen LogP contribution in [0.5, 0.6) is 5.75 Å². The maximum absolute atomic E-state index is 10.2. The van der Waals surface area contributed by atoms with Crippen molar-refractivity contribution in [1.82, 2.24) is 0 Å². The molecule has 0 aliphatic heterocycles. The second-order valence-electron chi connectivity index (χ2n) is 5.83. The van der Waals surface area contributed by atoms with E-state index < -0.39 is 0 Å². The third-order valence-corrected chi connectivity index (χ3v) is 4.17. The van der Waals surface area contributed by atoms with Crippen molar-refractivity contribution in [2.75, 3.05) is 0 Å². The molecule has 0 amide bonds. The Morgan fingerprint density at radius 1 is 1.11 bits per heavy atom. The first-order valence-electron chi connectivity index (χ1n) is 7.20. The molecule has 1 aromatic rings. The normalized spacial score (nSPS) is 16.2. The summed E-state index contributed by atoms with van der Waals surface area (Å²) < 4.78 is 0. The van der Waals surface area contributed by atoms with Gasteiger partial charge in [-0.3, -0.25) is 0 Å². The summed E-state index contributed by atoms with van der Waals surface area (Å²) in [6.45, 7) is 14.8. The van der Waals surface area contributed by atoms with Gasteiger partial charge in [0.2, 0.25) is 0 Å². The summed E-state index contributed by atoms with van der Waals surface area (Å²) >= 11 is 0. The van der Waals surface area contributed by atoms with Gasteiger partial charge in [0, 0.05) is 0 Å². The Hall–Kier alpha value is -0.980. The summed E-state index contributed by atoms with van der Waals surface area (Å²) in [6.07, 6.45) is 2.57. The number of hydrogen-bond acceptors (Lipinski definition) is 1. The maximum Gasteiger partial charge on any atom is 0.122 e. The van der Waals surface area contributed by atoms with Crippen LogP contribution >= 0.6 is 0 Å². The van der Waals surface area contributed by atoms with Crippen LogP contribution in [0, 0.1) is 13.8 Å². The highest BCUT2D eigenvalue weighted by atomic mass is 16.3. The molecule has 18 heavy (non-hydrogen) atoms. The predicted molar refractivity (Wildman–Crippen MR) is 79.6 cm³/mol. The Labute approximate surface area is 112 Å². The zero-order chi connectivity index (χ0) is 14.1. The third kappa shape index (κ3) is 2.55. The molecule has 0 aromatic heterocycles. The quantitative estimate of drug-likeness (QED) is 0.761. The van der Waals surface area contributed by atoms with Gasteiger partial charge in [0.1, 0.15) is 5.75 Å². The Bertz CT molecular complexity index is 426. The van der Waals surface area contributed by atoms with E-state index in [2.05, 4.69) is 33.8 Å². The number of benzene rings is 1. The van der Waals surface area contributed by atoms with Crippen LogP contribution < -0.4 is 0 Å². The summed E-state index contributed by atoms with van der Waals surface area (Å²) in [5.74, 6) is 0.890. The molecule has 0 radical (unpaired) electrons. The topological polar surface area (TPSA) is 20.2 Å². The molecule has 0 heterocycles. The zero-order valence-electron chi connectivity index (χ0n) is 13.0. The highest BCUT2D eigenvalue weighted by Gasteiger charge is 2.40. The van der Waals surface area contributed by atoms with Gasteiger partial charge in [0.15, 0.2) is 0 Å². The molecular formula is C17H28O. The van der Waals surface area contributed by atoms with E-state index in [-0.39, 0.29) is 0 Å². The molecule has 102 valence electrons. The van der Waals surface area contributed by atoms with E-state index in [9.17, 15) is 5.11 Å². The van der Waals surface area contributed by atoms with Crippen molar-refractivity contribution in [3.8, 4) is 5.75 Å². The van der Waals surface area contributed by atoms with Gasteiger partial charge in [0.05, 0.1) is 0 Å². The molecule has 2 rings (SSSR count). The Morgan fingerprint density at radius 2 is 1.61 bits per heavy atom. The number of phenolic OH excluding ortho intramolecular Hbond substituents is 1. The summed E-state index contributed by atoms with van der Waals surface area (Å²) in [7, 11) is 0. The number of rotatable bonds is 2. The molecule has 0 saturated heterocycles. The molecule has 0 unspecified atom stereocenters. The first-order valence-corrected chi connectivity index (χ1v) is 7.20. The fourth-order valence-corrected chi connectivity index (χ4v) is 2.45. The lowest BCUT2D eigenvalue weighted by atomic mass is 9.86. The zero-order valence-corrected chi connectivity index (χ0v) is 13.0. The molecule has 1 N–H and O–H groups in total. The molecule has 0 atom stereocenters. The molecule has 1 saturated carbocycles. The van der Waals surface area contributed by atoms with Crippen LogP contribution in [-0.2, 0) is 5.41 Å². The first kappa shape index (κ1) is 15.1. The van der Waals surface area contributed by atoms with Gasteiger partial charge >= 0.3 is 0 Å². The Balaban J connectivity index is 0.000000771. The smallest absolute Gasteiger partial charge is 0.122 e. The average Bonchev–Trinajstić information content (AvgIpc) is 3.07. The highest BCUT2D eigenvalue weighted by Crippen LogP contribution is 2.51. The molecule has 0 bridgehead atoms. The van der Waals surface area contributed by atoms with Crippen LogP contribution in [-0.4, -0.2) is 5.11 Å². The van der Waals surface area contributed by atoms with Crippen molar-refractivity contribution in [2.24, 2.45) is 0 Å². The second-order valence-corrected chi connectivity index (χ2v) is 5.83. The van der Waals surface area contributed by atoms with Crippen molar-refractivity contribution >= 4 is 0 Å². The minimum absolute atomic E-state index is 0.381. The van der Waals surface area contributed by atoms with E-state index in [0.717, 1.165) is 11.1 Å². The van der Waals surface area contributed by atoms with Gasteiger partial charge in [-0.15, -0.1) is 0 Å². The van der Waals surface area contributed by atoms with Crippen LogP contribution in [0.4, 0.5) is 0 Å². The molecule has 1 nitrogen and oxygen atoms in total. The molecule has 1 fully saturated rings. The summed E-state index contributed by atoms with van der Waals surface area (Å²) in [5.41, 5.74) is 5.28. The van der Waals surface area contributed by atoms with Gasteiger partial charge in [0.25, 0.3) is 0 Å². The Kier molecular flexibility index (Phi) is 4.47. The minimum Gasteiger partial charge on any atom is -0.507 e. The predicted octanol–water partition coefficient (Wildman–Crippen LogP) is 5.21. The summed E-state index contributed by atoms with van der Waals surface area (Å²) in [6, 6.07) is 2.23. The molecule has 1 aliphatic carbocycles. The lowest BCUT2D eigenvalue weighted by molar-refractivity contribution is 0.459. The van der Waals surface area contributed by atoms with E-state index in [1.165, 1.54) is 24.0 Å². The lowest BCUT2D eigenvalue weighted by Gasteiger charge is -2.20. The fourth-order valence-electron chi connectivity index (χ4n) is 2.45. The van der Waals surface area contributed by atoms with Crippen LogP contribution in [0.2, 0.25) is 0 Å². The van der Waals surface area contributed by atoms with Gasteiger partial charge in [-0.05, 0) is 60.3 Å². The van der Waals surface area contributed by atoms with Crippen LogP contribution in [0.3, 0.4) is 0 Å². The van der Waals surface area contributed by atoms with Crippen molar-refractivity contribution < 1.29 is 5.11 Å². The number of phenols is 1. The number of aromatic hydroxyl groups is 1. The second kappa shape index (κ2) is 5.34. The summed E-state index contributed by atoms with van der Waals surface area (Å²) in [4.78, 5) is 0. The standard InChI is InChI=1S/C15H22O.C2H6/c1-9(2)12-8-13(15(5)6-7-15)10(3)11(4)14(12)16;1-2/h8-9,16H,6-7H2,1-5H3;1-2H3. The van der Waals surface area contributed by atoms with Crippen LogP contribution in [0.1, 0.15) is 75.6 Å². The SMILES string of the molecule is CC.Cc1c(C2(C)CC2)cc(C(C)C)c(O)c1C. The van der Waals surface area contributed by atoms with E-state index >= 15 is 0 Å². The fraction of sp³-hybridized carbons (Fsp3) is 0.647. The largest absolute Gasteiger partial charge is 0.507 e. The minimum atomic E-state index is 0.381. The van der Waals surface area contributed by atoms with E-state index in [0.29, 0.717) is 17.1 Å². The summed E-state index contributed by atoms with van der Waals surface area (Å²) in [5, 5.41) is 10.2. The monoisotopic (exact) mass is 248 g/mol. The molecule has 1 heteroatoms. The molecule has 1 aliphatic rings. The molecule has 1 aromatic carbocycles. The van der Waals surface area contributed by atoms with Crippen molar-refractivity contribution in [1.29, 1.82) is 0 Å². The van der Waals surface area contributed by atoms with Crippen LogP contribution in [0.25, 0.3) is 0 Å².